The summed E-state index contributed by atoms with van der Waals surface area (Å²) in [5.41, 5.74) is 0. The number of hydrogen-bond acceptors (Lipinski definition) is 2. The lowest BCUT2D eigenvalue weighted by Gasteiger charge is -2.11. The lowest BCUT2D eigenvalue weighted by molar-refractivity contribution is -0.121. The molecule has 0 bridgehead atoms. The molecule has 1 rings (SSSR count). The maximum absolute atomic E-state index is 11.2. The monoisotopic (exact) mass is 201 g/mol. The van der Waals surface area contributed by atoms with E-state index in [2.05, 4.69) is 5.32 Å². The lowest BCUT2D eigenvalue weighted by atomic mass is 10.2. The number of carbonyl (C=O) groups is 1. The van der Waals surface area contributed by atoms with Crippen molar-refractivity contribution in [2.75, 3.05) is 0 Å². The summed E-state index contributed by atoms with van der Waals surface area (Å²) < 4.78 is 5.12. The van der Waals surface area contributed by atoms with Crippen molar-refractivity contribution in [2.45, 2.75) is 25.3 Å². The fourth-order valence-corrected chi connectivity index (χ4v) is 1.000. The normalized spacial score (nSPS) is 15.0. The Morgan fingerprint density at radius 2 is 2.31 bits per heavy atom. The van der Waals surface area contributed by atoms with Gasteiger partial charge in [-0.05, 0) is 26.0 Å². The third-order valence-corrected chi connectivity index (χ3v) is 1.89. The van der Waals surface area contributed by atoms with Crippen LogP contribution in [-0.4, -0.2) is 11.3 Å². The Hall–Kier alpha value is -0.960. The van der Waals surface area contributed by atoms with Crippen LogP contribution < -0.4 is 5.32 Å². The van der Waals surface area contributed by atoms with Gasteiger partial charge in [-0.2, -0.15) is 0 Å². The highest BCUT2D eigenvalue weighted by atomic mass is 35.5. The molecule has 0 saturated carbocycles. The molecule has 0 aliphatic heterocycles. The molecule has 0 aliphatic rings. The Kier molecular flexibility index (Phi) is 3.37. The number of amides is 1. The lowest BCUT2D eigenvalue weighted by Crippen LogP contribution is -2.31. The van der Waals surface area contributed by atoms with Crippen molar-refractivity contribution in [3.63, 3.8) is 0 Å². The summed E-state index contributed by atoms with van der Waals surface area (Å²) >= 11 is 5.59. The van der Waals surface area contributed by atoms with E-state index in [4.69, 9.17) is 16.0 Å². The van der Waals surface area contributed by atoms with Crippen LogP contribution in [0.1, 0.15) is 25.6 Å². The summed E-state index contributed by atoms with van der Waals surface area (Å²) in [6.07, 6.45) is 1.57. The molecular formula is C9H12ClNO2. The summed E-state index contributed by atoms with van der Waals surface area (Å²) in [6, 6.07) is 3.45. The quantitative estimate of drug-likeness (QED) is 0.761. The van der Waals surface area contributed by atoms with Crippen LogP contribution in [0.15, 0.2) is 22.8 Å². The zero-order valence-corrected chi connectivity index (χ0v) is 8.34. The summed E-state index contributed by atoms with van der Waals surface area (Å²) in [5, 5.41) is 2.20. The first-order valence-electron chi connectivity index (χ1n) is 4.09. The maximum atomic E-state index is 11.2. The first kappa shape index (κ1) is 10.1. The zero-order chi connectivity index (χ0) is 9.84. The number of carbonyl (C=O) groups excluding carboxylic acids is 1. The molecule has 0 aliphatic carbocycles. The van der Waals surface area contributed by atoms with Gasteiger partial charge in [-0.1, -0.05) is 0 Å². The van der Waals surface area contributed by atoms with Gasteiger partial charge in [0.15, 0.2) is 0 Å². The van der Waals surface area contributed by atoms with E-state index in [-0.39, 0.29) is 11.9 Å². The van der Waals surface area contributed by atoms with E-state index in [1.807, 2.05) is 13.0 Å². The van der Waals surface area contributed by atoms with Crippen LogP contribution >= 0.6 is 11.6 Å². The van der Waals surface area contributed by atoms with Crippen molar-refractivity contribution in [1.29, 1.82) is 0 Å². The average molecular weight is 202 g/mol. The molecule has 1 N–H and O–H groups in total. The minimum absolute atomic E-state index is 0.135. The van der Waals surface area contributed by atoms with E-state index in [0.29, 0.717) is 0 Å². The molecule has 1 unspecified atom stereocenters. The van der Waals surface area contributed by atoms with Gasteiger partial charge in [0.1, 0.15) is 11.1 Å². The van der Waals surface area contributed by atoms with Crippen LogP contribution in [0.25, 0.3) is 0 Å². The third-order valence-electron chi connectivity index (χ3n) is 1.69. The van der Waals surface area contributed by atoms with Crippen molar-refractivity contribution >= 4 is 17.5 Å². The molecule has 0 saturated heterocycles. The van der Waals surface area contributed by atoms with Crippen molar-refractivity contribution in [1.82, 2.24) is 5.32 Å². The standard InChI is InChI=1S/C9H12ClNO2/c1-6(10)9(12)11-7(2)8-4-3-5-13-8/h3-7H,1-2H3,(H,11,12)/t6?,7-/m0/s1. The zero-order valence-electron chi connectivity index (χ0n) is 7.58. The molecule has 0 aromatic carbocycles. The minimum atomic E-state index is -0.516. The van der Waals surface area contributed by atoms with Gasteiger partial charge in [-0.3, -0.25) is 4.79 Å². The van der Waals surface area contributed by atoms with E-state index in [9.17, 15) is 4.79 Å². The first-order chi connectivity index (χ1) is 6.11. The van der Waals surface area contributed by atoms with Crippen molar-refractivity contribution in [3.8, 4) is 0 Å². The van der Waals surface area contributed by atoms with E-state index >= 15 is 0 Å². The predicted molar refractivity (Wildman–Crippen MR) is 50.6 cm³/mol. The van der Waals surface area contributed by atoms with Crippen molar-refractivity contribution in [2.24, 2.45) is 0 Å². The van der Waals surface area contributed by atoms with E-state index < -0.39 is 5.38 Å². The van der Waals surface area contributed by atoms with Crippen molar-refractivity contribution in [3.05, 3.63) is 24.2 Å². The molecule has 1 heterocycles. The van der Waals surface area contributed by atoms with Crippen LogP contribution in [0.5, 0.6) is 0 Å². The van der Waals surface area contributed by atoms with Gasteiger partial charge in [0.2, 0.25) is 5.91 Å². The van der Waals surface area contributed by atoms with Gasteiger partial charge in [-0.15, -0.1) is 11.6 Å². The van der Waals surface area contributed by atoms with E-state index in [1.165, 1.54) is 0 Å². The molecule has 13 heavy (non-hydrogen) atoms. The maximum Gasteiger partial charge on any atom is 0.238 e. The Balaban J connectivity index is 2.51. The summed E-state index contributed by atoms with van der Waals surface area (Å²) in [5.74, 6) is 0.538. The SMILES string of the molecule is CC(Cl)C(=O)N[C@@H](C)c1ccco1. The highest BCUT2D eigenvalue weighted by Crippen LogP contribution is 2.12. The van der Waals surface area contributed by atoms with Crippen LogP contribution in [0.3, 0.4) is 0 Å². The van der Waals surface area contributed by atoms with Gasteiger partial charge in [-0.25, -0.2) is 0 Å². The van der Waals surface area contributed by atoms with Gasteiger partial charge < -0.3 is 9.73 Å². The highest BCUT2D eigenvalue weighted by Gasteiger charge is 2.14. The molecule has 0 radical (unpaired) electrons. The van der Waals surface area contributed by atoms with Crippen LogP contribution in [0.2, 0.25) is 0 Å². The third kappa shape index (κ3) is 2.77. The van der Waals surface area contributed by atoms with Crippen LogP contribution in [0.4, 0.5) is 0 Å². The molecular weight excluding hydrogens is 190 g/mol. The van der Waals surface area contributed by atoms with E-state index in [1.54, 1.807) is 19.3 Å². The molecule has 3 nitrogen and oxygen atoms in total. The number of alkyl halides is 1. The Morgan fingerprint density at radius 3 is 2.77 bits per heavy atom. The number of halogens is 1. The van der Waals surface area contributed by atoms with Gasteiger partial charge in [0, 0.05) is 0 Å². The second-order valence-corrected chi connectivity index (χ2v) is 3.52. The van der Waals surface area contributed by atoms with Gasteiger partial charge >= 0.3 is 0 Å². The fraction of sp³-hybridized carbons (Fsp3) is 0.444. The van der Waals surface area contributed by atoms with Gasteiger partial charge in [0.25, 0.3) is 0 Å². The van der Waals surface area contributed by atoms with Crippen LogP contribution in [-0.2, 0) is 4.79 Å². The number of rotatable bonds is 3. The Labute approximate surface area is 82.1 Å². The van der Waals surface area contributed by atoms with E-state index in [0.717, 1.165) is 5.76 Å². The topological polar surface area (TPSA) is 42.2 Å². The molecule has 4 heteroatoms. The molecule has 1 amide bonds. The van der Waals surface area contributed by atoms with Gasteiger partial charge in [0.05, 0.1) is 12.3 Å². The molecule has 0 fully saturated rings. The van der Waals surface area contributed by atoms with Crippen LogP contribution in [0, 0.1) is 0 Å². The molecule has 1 aromatic heterocycles. The second-order valence-electron chi connectivity index (χ2n) is 2.86. The Morgan fingerprint density at radius 1 is 1.62 bits per heavy atom. The number of furan rings is 1. The predicted octanol–water partition coefficient (Wildman–Crippen LogP) is 2.08. The second kappa shape index (κ2) is 4.33. The smallest absolute Gasteiger partial charge is 0.238 e. The number of nitrogens with one attached hydrogen (secondary N) is 1. The largest absolute Gasteiger partial charge is 0.467 e. The summed E-state index contributed by atoms with van der Waals surface area (Å²) in [7, 11) is 0. The molecule has 0 spiro atoms. The Bertz CT molecular complexity index is 269. The average Bonchev–Trinajstić information content (AvgIpc) is 2.55. The molecule has 1 aromatic rings. The number of hydrogen-bond donors (Lipinski definition) is 1. The fourth-order valence-electron chi connectivity index (χ4n) is 0.937. The van der Waals surface area contributed by atoms with Crippen molar-refractivity contribution < 1.29 is 9.21 Å². The molecule has 2 atom stereocenters. The minimum Gasteiger partial charge on any atom is -0.467 e. The summed E-state index contributed by atoms with van der Waals surface area (Å²) in [6.45, 7) is 3.47. The first-order valence-corrected chi connectivity index (χ1v) is 4.52. The summed E-state index contributed by atoms with van der Waals surface area (Å²) in [4.78, 5) is 11.2. The molecule has 72 valence electrons. The highest BCUT2D eigenvalue weighted by molar-refractivity contribution is 6.30.